The van der Waals surface area contributed by atoms with Crippen molar-refractivity contribution >= 4 is 8.32 Å². The molecule has 0 atom stereocenters. The van der Waals surface area contributed by atoms with Crippen molar-refractivity contribution in [3.05, 3.63) is 0 Å². The Balaban J connectivity index is 1.99. The summed E-state index contributed by atoms with van der Waals surface area (Å²) in [6.45, 7) is 6.49. The Labute approximate surface area is 87.4 Å². The normalized spacial score (nSPS) is 27.6. The molecule has 0 aliphatic heterocycles. The molecular formula is C11H19NOSi. The molecular weight excluding hydrogens is 190 g/mol. The summed E-state index contributed by atoms with van der Waals surface area (Å²) in [5.41, 5.74) is 0.125. The first-order valence-electron chi connectivity index (χ1n) is 5.50. The van der Waals surface area contributed by atoms with Gasteiger partial charge in [-0.3, -0.25) is 0 Å². The van der Waals surface area contributed by atoms with Crippen LogP contribution < -0.4 is 0 Å². The molecule has 14 heavy (non-hydrogen) atoms. The molecule has 2 fully saturated rings. The summed E-state index contributed by atoms with van der Waals surface area (Å²) in [5, 5.41) is 9.20. The highest BCUT2D eigenvalue weighted by Crippen LogP contribution is 2.61. The van der Waals surface area contributed by atoms with Crippen LogP contribution in [0.4, 0.5) is 0 Å². The van der Waals surface area contributed by atoms with E-state index in [0.717, 1.165) is 12.8 Å². The SMILES string of the molecule is C[Si](C)(C)OC1(C#N)CC2(CCC2)C1. The second-order valence-electron chi connectivity index (χ2n) is 6.03. The largest absolute Gasteiger partial charge is 0.400 e. The Kier molecular flexibility index (Phi) is 2.06. The molecule has 0 aromatic rings. The average molecular weight is 209 g/mol. The predicted molar refractivity (Wildman–Crippen MR) is 58.3 cm³/mol. The Hall–Kier alpha value is -0.333. The lowest BCUT2D eigenvalue weighted by molar-refractivity contribution is -0.116. The molecule has 0 radical (unpaired) electrons. The first-order chi connectivity index (χ1) is 6.39. The van der Waals surface area contributed by atoms with Crippen LogP contribution >= 0.6 is 0 Å². The van der Waals surface area contributed by atoms with Crippen molar-refractivity contribution in [3.8, 4) is 6.07 Å². The molecule has 0 N–H and O–H groups in total. The third kappa shape index (κ3) is 1.62. The van der Waals surface area contributed by atoms with Gasteiger partial charge in [-0.2, -0.15) is 5.26 Å². The molecule has 78 valence electrons. The fraction of sp³-hybridized carbons (Fsp3) is 0.909. The topological polar surface area (TPSA) is 33.0 Å². The van der Waals surface area contributed by atoms with Crippen molar-refractivity contribution in [1.29, 1.82) is 5.26 Å². The molecule has 2 aliphatic rings. The lowest BCUT2D eigenvalue weighted by atomic mass is 9.50. The van der Waals surface area contributed by atoms with Crippen LogP contribution in [0.2, 0.25) is 19.6 Å². The van der Waals surface area contributed by atoms with Gasteiger partial charge in [0, 0.05) is 0 Å². The molecule has 1 spiro atoms. The van der Waals surface area contributed by atoms with Crippen molar-refractivity contribution < 1.29 is 4.43 Å². The van der Waals surface area contributed by atoms with Gasteiger partial charge in [0.15, 0.2) is 8.32 Å². The van der Waals surface area contributed by atoms with E-state index in [4.69, 9.17) is 4.43 Å². The maximum absolute atomic E-state index is 9.20. The van der Waals surface area contributed by atoms with Gasteiger partial charge in [0.1, 0.15) is 5.60 Å². The highest BCUT2D eigenvalue weighted by molar-refractivity contribution is 6.69. The summed E-state index contributed by atoms with van der Waals surface area (Å²) in [5.74, 6) is 0. The fourth-order valence-electron chi connectivity index (χ4n) is 2.95. The Morgan fingerprint density at radius 3 is 2.07 bits per heavy atom. The van der Waals surface area contributed by atoms with Crippen LogP contribution in [0.15, 0.2) is 0 Å². The van der Waals surface area contributed by atoms with Gasteiger partial charge in [0.2, 0.25) is 0 Å². The molecule has 3 heteroatoms. The predicted octanol–water partition coefficient (Wildman–Crippen LogP) is 3.06. The van der Waals surface area contributed by atoms with Crippen molar-refractivity contribution in [2.75, 3.05) is 0 Å². The smallest absolute Gasteiger partial charge is 0.185 e. The standard InChI is InChI=1S/C11H19NOSi/c1-14(2,3)13-11(9-12)7-10(8-11)5-4-6-10/h4-8H2,1-3H3. The molecule has 0 heterocycles. The molecule has 2 rings (SSSR count). The average Bonchev–Trinajstić information content (AvgIpc) is 1.90. The van der Waals surface area contributed by atoms with E-state index in [1.807, 2.05) is 0 Å². The van der Waals surface area contributed by atoms with Gasteiger partial charge in [-0.15, -0.1) is 0 Å². The van der Waals surface area contributed by atoms with E-state index < -0.39 is 13.9 Å². The lowest BCUT2D eigenvalue weighted by Gasteiger charge is -2.59. The van der Waals surface area contributed by atoms with Gasteiger partial charge in [-0.05, 0) is 50.7 Å². The third-order valence-electron chi connectivity index (χ3n) is 3.44. The molecule has 2 saturated carbocycles. The molecule has 0 unspecified atom stereocenters. The van der Waals surface area contributed by atoms with E-state index in [9.17, 15) is 5.26 Å². The number of hydrogen-bond acceptors (Lipinski definition) is 2. The zero-order chi connectivity index (χ0) is 10.4. The van der Waals surface area contributed by atoms with E-state index in [2.05, 4.69) is 25.7 Å². The van der Waals surface area contributed by atoms with Gasteiger partial charge in [0.25, 0.3) is 0 Å². The third-order valence-corrected chi connectivity index (χ3v) is 4.44. The highest BCUT2D eigenvalue weighted by atomic mass is 28.4. The highest BCUT2D eigenvalue weighted by Gasteiger charge is 2.59. The minimum Gasteiger partial charge on any atom is -0.400 e. The molecule has 0 bridgehead atoms. The molecule has 0 aromatic carbocycles. The van der Waals surface area contributed by atoms with Gasteiger partial charge in [-0.25, -0.2) is 0 Å². The maximum Gasteiger partial charge on any atom is 0.185 e. The summed E-state index contributed by atoms with van der Waals surface area (Å²) < 4.78 is 6.02. The van der Waals surface area contributed by atoms with E-state index in [1.165, 1.54) is 19.3 Å². The van der Waals surface area contributed by atoms with E-state index in [1.54, 1.807) is 0 Å². The minimum absolute atomic E-state index is 0.398. The molecule has 0 saturated heterocycles. The number of rotatable bonds is 2. The van der Waals surface area contributed by atoms with Gasteiger partial charge >= 0.3 is 0 Å². The van der Waals surface area contributed by atoms with Crippen LogP contribution in [-0.4, -0.2) is 13.9 Å². The summed E-state index contributed by atoms with van der Waals surface area (Å²) in [6.07, 6.45) is 6.01. The number of hydrogen-bond donors (Lipinski definition) is 0. The molecule has 2 aliphatic carbocycles. The Bertz CT molecular complexity index is 275. The van der Waals surface area contributed by atoms with Crippen molar-refractivity contribution in [2.45, 2.75) is 57.3 Å². The summed E-state index contributed by atoms with van der Waals surface area (Å²) in [7, 11) is -1.56. The first-order valence-corrected chi connectivity index (χ1v) is 8.91. The van der Waals surface area contributed by atoms with E-state index in [-0.39, 0.29) is 0 Å². The zero-order valence-corrected chi connectivity index (χ0v) is 10.4. The molecule has 2 nitrogen and oxygen atoms in total. The quantitative estimate of drug-likeness (QED) is 0.655. The van der Waals surface area contributed by atoms with Crippen molar-refractivity contribution in [3.63, 3.8) is 0 Å². The second-order valence-corrected chi connectivity index (χ2v) is 10.5. The van der Waals surface area contributed by atoms with Crippen LogP contribution in [-0.2, 0) is 4.43 Å². The maximum atomic E-state index is 9.20. The van der Waals surface area contributed by atoms with Crippen molar-refractivity contribution in [2.24, 2.45) is 5.41 Å². The summed E-state index contributed by atoms with van der Waals surface area (Å²) in [4.78, 5) is 0. The second kappa shape index (κ2) is 2.83. The van der Waals surface area contributed by atoms with Gasteiger partial charge in [0.05, 0.1) is 6.07 Å². The van der Waals surface area contributed by atoms with Gasteiger partial charge in [-0.1, -0.05) is 6.42 Å². The summed E-state index contributed by atoms with van der Waals surface area (Å²) >= 11 is 0. The monoisotopic (exact) mass is 209 g/mol. The van der Waals surface area contributed by atoms with Crippen LogP contribution in [0.5, 0.6) is 0 Å². The first kappa shape index (κ1) is 10.2. The van der Waals surface area contributed by atoms with Crippen LogP contribution in [0, 0.1) is 16.7 Å². The molecule has 0 amide bonds. The van der Waals surface area contributed by atoms with Gasteiger partial charge < -0.3 is 4.43 Å². The minimum atomic E-state index is -1.56. The van der Waals surface area contributed by atoms with Crippen LogP contribution in [0.3, 0.4) is 0 Å². The van der Waals surface area contributed by atoms with Crippen molar-refractivity contribution in [1.82, 2.24) is 0 Å². The van der Waals surface area contributed by atoms with E-state index in [0.29, 0.717) is 5.41 Å². The Morgan fingerprint density at radius 1 is 1.21 bits per heavy atom. The molecule has 0 aromatic heterocycles. The fourth-order valence-corrected chi connectivity index (χ4v) is 4.31. The van der Waals surface area contributed by atoms with Crippen LogP contribution in [0.25, 0.3) is 0 Å². The summed E-state index contributed by atoms with van der Waals surface area (Å²) in [6, 6.07) is 2.41. The van der Waals surface area contributed by atoms with Crippen LogP contribution in [0.1, 0.15) is 32.1 Å². The Morgan fingerprint density at radius 2 is 1.79 bits per heavy atom. The number of nitriles is 1. The number of nitrogens with zero attached hydrogens (tertiary/aromatic N) is 1. The zero-order valence-electron chi connectivity index (χ0n) is 9.39. The van der Waals surface area contributed by atoms with E-state index >= 15 is 0 Å². The lowest BCUT2D eigenvalue weighted by Crippen LogP contribution is -2.58.